The van der Waals surface area contributed by atoms with Crippen molar-refractivity contribution in [1.82, 2.24) is 0 Å². The van der Waals surface area contributed by atoms with Crippen molar-refractivity contribution >= 4 is 14.7 Å². The van der Waals surface area contributed by atoms with E-state index in [1.807, 2.05) is 0 Å². The van der Waals surface area contributed by atoms with Crippen LogP contribution in [0.15, 0.2) is 0 Å². The van der Waals surface area contributed by atoms with E-state index in [0.717, 1.165) is 38.5 Å². The predicted octanol–water partition coefficient (Wildman–Crippen LogP) is 7.29. The summed E-state index contributed by atoms with van der Waals surface area (Å²) < 4.78 is 39.5. The number of fused-ring (bicyclic) bond motifs is 3. The minimum absolute atomic E-state index is 0.0439. The zero-order chi connectivity index (χ0) is 29.3. The summed E-state index contributed by atoms with van der Waals surface area (Å²) in [5, 5.41) is 39.8. The van der Waals surface area contributed by atoms with Gasteiger partial charge in [-0.3, -0.25) is 13.6 Å². The summed E-state index contributed by atoms with van der Waals surface area (Å²) >= 11 is 0. The van der Waals surface area contributed by atoms with E-state index in [0.29, 0.717) is 12.8 Å². The van der Waals surface area contributed by atoms with Crippen LogP contribution in [0.1, 0.15) is 142 Å². The van der Waals surface area contributed by atoms with Gasteiger partial charge in [-0.1, -0.05) is 129 Å². The molecule has 0 amide bonds. The van der Waals surface area contributed by atoms with Crippen molar-refractivity contribution in [2.24, 2.45) is 0 Å². The van der Waals surface area contributed by atoms with E-state index in [9.17, 15) is 29.6 Å². The average molecular weight is 609 g/mol. The first-order valence-electron chi connectivity index (χ1n) is 16.5. The summed E-state index contributed by atoms with van der Waals surface area (Å²) in [4.78, 5) is 0. The molecule has 0 aromatic rings. The van der Waals surface area contributed by atoms with E-state index in [4.69, 9.17) is 9.05 Å². The first kappa shape index (κ1) is 34.7. The molecule has 8 nitrogen and oxygen atoms in total. The Morgan fingerprint density at radius 3 is 1.45 bits per heavy atom. The minimum atomic E-state index is -3.92. The quantitative estimate of drug-likeness (QED) is 0.0744. The highest BCUT2D eigenvalue weighted by Crippen LogP contribution is 2.95. The molecule has 40 heavy (non-hydrogen) atoms. The third kappa shape index (κ3) is 7.12. The molecule has 3 unspecified atom stereocenters. The molecule has 1 spiro atoms. The minimum Gasteiger partial charge on any atom is -0.387 e. The van der Waals surface area contributed by atoms with Crippen molar-refractivity contribution < 1.29 is 38.6 Å². The summed E-state index contributed by atoms with van der Waals surface area (Å²) in [7, 11) is -7.67. The van der Waals surface area contributed by atoms with Gasteiger partial charge in [0.25, 0.3) is 0 Å². The summed E-state index contributed by atoms with van der Waals surface area (Å²) in [6.07, 6.45) is 15.4. The van der Waals surface area contributed by atoms with Crippen LogP contribution in [0.5, 0.6) is 0 Å². The maximum atomic E-state index is 14.2. The molecular weight excluding hydrogens is 550 g/mol. The summed E-state index contributed by atoms with van der Waals surface area (Å²) in [5.74, 6) is 0. The van der Waals surface area contributed by atoms with Gasteiger partial charge in [0, 0.05) is 6.16 Å². The molecule has 2 bridgehead atoms. The standard InChI is InChI=1S/C30H58O8P2/c1-3-5-7-9-11-13-15-17-19-21-23-39(35)29(34)28(33)26-25(31)27(32)30(29,39)38-40(36,37-26)24-22-20-18-16-14-12-10-8-6-4-2/h25-28,31-34H,3-24H2,1-2H3/t25-,26-,27+,28+,29-,30?,39?,40?/m1/s1. The van der Waals surface area contributed by atoms with E-state index in [2.05, 4.69) is 13.8 Å². The highest BCUT2D eigenvalue weighted by molar-refractivity contribution is 7.76. The Labute approximate surface area is 242 Å². The fourth-order valence-corrected chi connectivity index (χ4v) is 14.3. The second-order valence-corrected chi connectivity index (χ2v) is 18.0. The van der Waals surface area contributed by atoms with Crippen LogP contribution in [0.3, 0.4) is 0 Å². The van der Waals surface area contributed by atoms with Gasteiger partial charge < -0.3 is 25.0 Å². The van der Waals surface area contributed by atoms with Gasteiger partial charge in [-0.05, 0) is 12.8 Å². The van der Waals surface area contributed by atoms with Gasteiger partial charge in [-0.15, -0.1) is 0 Å². The van der Waals surface area contributed by atoms with Gasteiger partial charge in [-0.2, -0.15) is 0 Å². The van der Waals surface area contributed by atoms with Crippen LogP contribution >= 0.6 is 14.7 Å². The molecule has 8 atom stereocenters. The Morgan fingerprint density at radius 2 is 1.00 bits per heavy atom. The van der Waals surface area contributed by atoms with Gasteiger partial charge in [0.15, 0.2) is 17.8 Å². The molecule has 236 valence electrons. The Balaban J connectivity index is 1.50. The number of rotatable bonds is 22. The smallest absolute Gasteiger partial charge is 0.332 e. The van der Waals surface area contributed by atoms with Gasteiger partial charge in [0.1, 0.15) is 24.4 Å². The summed E-state index contributed by atoms with van der Waals surface area (Å²) in [5.41, 5.74) is 0. The van der Waals surface area contributed by atoms with E-state index in [1.165, 1.54) is 77.0 Å². The van der Waals surface area contributed by atoms with Crippen LogP contribution < -0.4 is 0 Å². The molecule has 1 aliphatic carbocycles. The third-order valence-electron chi connectivity index (χ3n) is 9.52. The average Bonchev–Trinajstić information content (AvgIpc) is 3.42. The van der Waals surface area contributed by atoms with Crippen LogP contribution in [-0.2, 0) is 18.2 Å². The number of hydrogen-bond donors (Lipinski definition) is 4. The monoisotopic (exact) mass is 608 g/mol. The van der Waals surface area contributed by atoms with Crippen molar-refractivity contribution in [3.63, 3.8) is 0 Å². The third-order valence-corrected chi connectivity index (χ3v) is 15.9. The molecule has 4 rings (SSSR count). The maximum absolute atomic E-state index is 14.2. The maximum Gasteiger partial charge on any atom is 0.332 e. The van der Waals surface area contributed by atoms with Gasteiger partial charge in [0.05, 0.1) is 6.16 Å². The van der Waals surface area contributed by atoms with Crippen molar-refractivity contribution in [1.29, 1.82) is 0 Å². The first-order chi connectivity index (χ1) is 19.1. The lowest BCUT2D eigenvalue weighted by molar-refractivity contribution is -0.190. The highest BCUT2D eigenvalue weighted by Gasteiger charge is 2.98. The molecule has 3 heterocycles. The van der Waals surface area contributed by atoms with Gasteiger partial charge in [-0.25, -0.2) is 0 Å². The molecule has 0 aromatic carbocycles. The van der Waals surface area contributed by atoms with E-state index in [-0.39, 0.29) is 12.3 Å². The van der Waals surface area contributed by atoms with E-state index in [1.54, 1.807) is 0 Å². The van der Waals surface area contributed by atoms with Crippen molar-refractivity contribution in [2.45, 2.75) is 177 Å². The van der Waals surface area contributed by atoms with Gasteiger partial charge >= 0.3 is 7.60 Å². The lowest BCUT2D eigenvalue weighted by Gasteiger charge is -2.35. The molecule has 3 saturated heterocycles. The van der Waals surface area contributed by atoms with Crippen LogP contribution in [0.4, 0.5) is 0 Å². The predicted molar refractivity (Wildman–Crippen MR) is 160 cm³/mol. The molecule has 0 aromatic heterocycles. The van der Waals surface area contributed by atoms with E-state index < -0.39 is 49.8 Å². The van der Waals surface area contributed by atoms with Crippen LogP contribution in [-0.4, -0.2) is 67.9 Å². The molecule has 0 radical (unpaired) electrons. The number of hydrogen-bond acceptors (Lipinski definition) is 8. The van der Waals surface area contributed by atoms with Crippen molar-refractivity contribution in [2.75, 3.05) is 12.3 Å². The van der Waals surface area contributed by atoms with Crippen LogP contribution in [0, 0.1) is 0 Å². The van der Waals surface area contributed by atoms with Crippen LogP contribution in [0.25, 0.3) is 0 Å². The zero-order valence-corrected chi connectivity index (χ0v) is 27.0. The molecule has 4 aliphatic rings. The normalized spacial score (nSPS) is 38.4. The molecule has 3 aliphatic heterocycles. The summed E-state index contributed by atoms with van der Waals surface area (Å²) in [6.45, 7) is 4.42. The first-order valence-corrected chi connectivity index (χ1v) is 20.1. The largest absolute Gasteiger partial charge is 0.387 e. The Hall–Kier alpha value is 0.220. The van der Waals surface area contributed by atoms with Crippen LogP contribution in [0.2, 0.25) is 0 Å². The fourth-order valence-electron chi connectivity index (χ4n) is 6.99. The number of aliphatic hydroxyl groups is 4. The Morgan fingerprint density at radius 1 is 0.600 bits per heavy atom. The molecule has 4 fully saturated rings. The lowest BCUT2D eigenvalue weighted by Crippen LogP contribution is -2.62. The highest BCUT2D eigenvalue weighted by atomic mass is 31.2. The SMILES string of the molecule is CCCCCCCCCCCCP1(=O)O[C@@H]2[C@@H](O)[C@H](O)C3(O1)[C@@](O)([C@H]2O)P3(=O)CCCCCCCCCCCC. The van der Waals surface area contributed by atoms with E-state index >= 15 is 0 Å². The lowest BCUT2D eigenvalue weighted by atomic mass is 9.85. The molecule has 10 heteroatoms. The van der Waals surface area contributed by atoms with Crippen molar-refractivity contribution in [3.05, 3.63) is 0 Å². The molecule has 4 N–H and O–H groups in total. The fraction of sp³-hybridized carbons (Fsp3) is 1.00. The summed E-state index contributed by atoms with van der Waals surface area (Å²) in [6, 6.07) is 0. The zero-order valence-electron chi connectivity index (χ0n) is 25.2. The van der Waals surface area contributed by atoms with Gasteiger partial charge in [0.2, 0.25) is 0 Å². The topological polar surface area (TPSA) is 134 Å². The second kappa shape index (κ2) is 15.8. The molecular formula is C30H58O8P2. The number of unbranched alkanes of at least 4 members (excludes halogenated alkanes) is 18. The number of aliphatic hydroxyl groups excluding tert-OH is 3. The Bertz CT molecular complexity index is 856. The van der Waals surface area contributed by atoms with Crippen molar-refractivity contribution in [3.8, 4) is 0 Å². The molecule has 1 saturated carbocycles. The second-order valence-electron chi connectivity index (χ2n) is 12.6. The Kier molecular flexibility index (Phi) is 13.7.